The van der Waals surface area contributed by atoms with Gasteiger partial charge in [-0.1, -0.05) is 43.1 Å². The Morgan fingerprint density at radius 1 is 1.32 bits per heavy atom. The van der Waals surface area contributed by atoms with E-state index in [1.165, 1.54) is 18.4 Å². The van der Waals surface area contributed by atoms with Gasteiger partial charge in [-0.05, 0) is 48.9 Å². The molecule has 0 spiro atoms. The van der Waals surface area contributed by atoms with E-state index in [-0.39, 0.29) is 6.04 Å². The normalized spacial score (nSPS) is 14.2. The number of benzene rings is 1. The van der Waals surface area contributed by atoms with Crippen molar-refractivity contribution >= 4 is 15.9 Å². The van der Waals surface area contributed by atoms with E-state index in [1.807, 2.05) is 6.07 Å². The molecule has 0 saturated carbocycles. The Morgan fingerprint density at radius 3 is 2.68 bits per heavy atom. The SMILES string of the molecule is CCCC(C)COc1ccc(Br)c(CC(N)CC)c1. The molecule has 0 heterocycles. The average Bonchev–Trinajstić information content (AvgIpc) is 2.39. The average molecular weight is 328 g/mol. The topological polar surface area (TPSA) is 35.2 Å². The quantitative estimate of drug-likeness (QED) is 0.760. The van der Waals surface area contributed by atoms with Crippen LogP contribution in [0, 0.1) is 5.92 Å². The Kier molecular flexibility index (Phi) is 7.47. The van der Waals surface area contributed by atoms with E-state index in [0.717, 1.165) is 29.7 Å². The largest absolute Gasteiger partial charge is 0.493 e. The Bertz CT molecular complexity index is 381. The van der Waals surface area contributed by atoms with E-state index in [1.54, 1.807) is 0 Å². The van der Waals surface area contributed by atoms with Crippen molar-refractivity contribution in [1.82, 2.24) is 0 Å². The van der Waals surface area contributed by atoms with E-state index in [2.05, 4.69) is 48.8 Å². The van der Waals surface area contributed by atoms with E-state index < -0.39 is 0 Å². The van der Waals surface area contributed by atoms with Crippen molar-refractivity contribution in [2.45, 2.75) is 52.5 Å². The first-order chi connectivity index (χ1) is 9.06. The molecule has 0 saturated heterocycles. The lowest BCUT2D eigenvalue weighted by Crippen LogP contribution is -2.21. The Labute approximate surface area is 125 Å². The summed E-state index contributed by atoms with van der Waals surface area (Å²) in [5.74, 6) is 1.56. The molecule has 0 fully saturated rings. The Morgan fingerprint density at radius 2 is 2.05 bits per heavy atom. The zero-order chi connectivity index (χ0) is 14.3. The molecule has 1 aromatic rings. The highest BCUT2D eigenvalue weighted by molar-refractivity contribution is 9.10. The third kappa shape index (κ3) is 5.96. The van der Waals surface area contributed by atoms with Gasteiger partial charge in [0.15, 0.2) is 0 Å². The molecule has 2 atom stereocenters. The lowest BCUT2D eigenvalue weighted by Gasteiger charge is -2.15. The van der Waals surface area contributed by atoms with E-state index in [0.29, 0.717) is 5.92 Å². The van der Waals surface area contributed by atoms with Crippen LogP contribution in [0.4, 0.5) is 0 Å². The summed E-state index contributed by atoms with van der Waals surface area (Å²) in [5, 5.41) is 0. The zero-order valence-electron chi connectivity index (χ0n) is 12.3. The molecule has 2 N–H and O–H groups in total. The number of hydrogen-bond acceptors (Lipinski definition) is 2. The van der Waals surface area contributed by atoms with Crippen LogP contribution in [0.5, 0.6) is 5.75 Å². The molecule has 1 rings (SSSR count). The fourth-order valence-electron chi connectivity index (χ4n) is 2.04. The number of hydrogen-bond donors (Lipinski definition) is 1. The highest BCUT2D eigenvalue weighted by atomic mass is 79.9. The van der Waals surface area contributed by atoms with Crippen LogP contribution in [-0.4, -0.2) is 12.6 Å². The first-order valence-corrected chi connectivity index (χ1v) is 8.02. The minimum absolute atomic E-state index is 0.213. The molecule has 3 heteroatoms. The summed E-state index contributed by atoms with van der Waals surface area (Å²) in [6, 6.07) is 6.39. The second-order valence-electron chi connectivity index (χ2n) is 5.33. The second-order valence-corrected chi connectivity index (χ2v) is 6.18. The van der Waals surface area contributed by atoms with Crippen molar-refractivity contribution in [3.05, 3.63) is 28.2 Å². The van der Waals surface area contributed by atoms with Crippen LogP contribution >= 0.6 is 15.9 Å². The van der Waals surface area contributed by atoms with E-state index in [4.69, 9.17) is 10.5 Å². The summed E-state index contributed by atoms with van der Waals surface area (Å²) in [4.78, 5) is 0. The predicted octanol–water partition coefficient (Wildman–Crippen LogP) is 4.54. The van der Waals surface area contributed by atoms with Gasteiger partial charge in [0.25, 0.3) is 0 Å². The summed E-state index contributed by atoms with van der Waals surface area (Å²) in [6.07, 6.45) is 4.30. The maximum absolute atomic E-state index is 6.02. The van der Waals surface area contributed by atoms with Crippen molar-refractivity contribution < 1.29 is 4.74 Å². The first kappa shape index (κ1) is 16.5. The van der Waals surface area contributed by atoms with Gasteiger partial charge < -0.3 is 10.5 Å². The molecular weight excluding hydrogens is 302 g/mol. The predicted molar refractivity (Wildman–Crippen MR) is 85.7 cm³/mol. The zero-order valence-corrected chi connectivity index (χ0v) is 13.9. The van der Waals surface area contributed by atoms with Crippen molar-refractivity contribution in [3.63, 3.8) is 0 Å². The van der Waals surface area contributed by atoms with Crippen molar-refractivity contribution in [2.24, 2.45) is 11.7 Å². The van der Waals surface area contributed by atoms with Crippen LogP contribution in [0.1, 0.15) is 45.6 Å². The van der Waals surface area contributed by atoms with Crippen LogP contribution in [0.15, 0.2) is 22.7 Å². The van der Waals surface area contributed by atoms with E-state index in [9.17, 15) is 0 Å². The molecule has 0 aromatic heterocycles. The van der Waals surface area contributed by atoms with Gasteiger partial charge in [0.05, 0.1) is 6.61 Å². The summed E-state index contributed by atoms with van der Waals surface area (Å²) >= 11 is 3.58. The fourth-order valence-corrected chi connectivity index (χ4v) is 2.45. The van der Waals surface area contributed by atoms with Crippen molar-refractivity contribution in [1.29, 1.82) is 0 Å². The summed E-state index contributed by atoms with van der Waals surface area (Å²) in [7, 11) is 0. The standard InChI is InChI=1S/C16H26BrNO/c1-4-6-12(3)11-19-15-7-8-16(17)13(10-15)9-14(18)5-2/h7-8,10,12,14H,4-6,9,11,18H2,1-3H3. The molecule has 1 aromatic carbocycles. The molecule has 0 bridgehead atoms. The minimum atomic E-state index is 0.213. The maximum Gasteiger partial charge on any atom is 0.119 e. The molecule has 0 radical (unpaired) electrons. The number of ether oxygens (including phenoxy) is 1. The van der Waals surface area contributed by atoms with Gasteiger partial charge in [-0.2, -0.15) is 0 Å². The van der Waals surface area contributed by atoms with Gasteiger partial charge in [-0.15, -0.1) is 0 Å². The van der Waals surface area contributed by atoms with Gasteiger partial charge in [0.2, 0.25) is 0 Å². The molecule has 2 nitrogen and oxygen atoms in total. The van der Waals surface area contributed by atoms with Crippen LogP contribution in [0.2, 0.25) is 0 Å². The molecule has 19 heavy (non-hydrogen) atoms. The molecule has 0 aliphatic carbocycles. The van der Waals surface area contributed by atoms with Crippen LogP contribution < -0.4 is 10.5 Å². The van der Waals surface area contributed by atoms with Gasteiger partial charge in [-0.3, -0.25) is 0 Å². The lowest BCUT2D eigenvalue weighted by atomic mass is 10.0. The molecule has 108 valence electrons. The number of rotatable bonds is 8. The minimum Gasteiger partial charge on any atom is -0.493 e. The lowest BCUT2D eigenvalue weighted by molar-refractivity contribution is 0.251. The molecule has 0 aliphatic heterocycles. The first-order valence-electron chi connectivity index (χ1n) is 7.23. The van der Waals surface area contributed by atoms with Crippen LogP contribution in [-0.2, 0) is 6.42 Å². The second kappa shape index (κ2) is 8.60. The number of halogens is 1. The van der Waals surface area contributed by atoms with Crippen molar-refractivity contribution in [3.8, 4) is 5.75 Å². The monoisotopic (exact) mass is 327 g/mol. The molecular formula is C16H26BrNO. The summed E-state index contributed by atoms with van der Waals surface area (Å²) < 4.78 is 6.99. The molecule has 2 unspecified atom stereocenters. The van der Waals surface area contributed by atoms with Gasteiger partial charge in [0.1, 0.15) is 5.75 Å². The van der Waals surface area contributed by atoms with Gasteiger partial charge in [0, 0.05) is 10.5 Å². The summed E-state index contributed by atoms with van der Waals surface area (Å²) in [5.41, 5.74) is 7.26. The fraction of sp³-hybridized carbons (Fsp3) is 0.625. The smallest absolute Gasteiger partial charge is 0.119 e. The Hall–Kier alpha value is -0.540. The van der Waals surface area contributed by atoms with Crippen LogP contribution in [0.25, 0.3) is 0 Å². The van der Waals surface area contributed by atoms with Crippen LogP contribution in [0.3, 0.4) is 0 Å². The van der Waals surface area contributed by atoms with E-state index >= 15 is 0 Å². The molecule has 0 aliphatic rings. The van der Waals surface area contributed by atoms with Gasteiger partial charge >= 0.3 is 0 Å². The highest BCUT2D eigenvalue weighted by Crippen LogP contribution is 2.24. The number of nitrogens with two attached hydrogens (primary N) is 1. The Balaban J connectivity index is 2.62. The van der Waals surface area contributed by atoms with Gasteiger partial charge in [-0.25, -0.2) is 0 Å². The molecule has 0 amide bonds. The highest BCUT2D eigenvalue weighted by Gasteiger charge is 2.08. The maximum atomic E-state index is 6.02. The van der Waals surface area contributed by atoms with Crippen molar-refractivity contribution in [2.75, 3.05) is 6.61 Å². The third-order valence-electron chi connectivity index (χ3n) is 3.34. The third-order valence-corrected chi connectivity index (χ3v) is 4.11. The summed E-state index contributed by atoms with van der Waals surface area (Å²) in [6.45, 7) is 7.34.